The zero-order valence-electron chi connectivity index (χ0n) is 19.3. The van der Waals surface area contributed by atoms with Crippen LogP contribution < -0.4 is 4.74 Å². The minimum Gasteiger partial charge on any atom is -0.496 e. The van der Waals surface area contributed by atoms with Gasteiger partial charge < -0.3 is 23.7 Å². The molecule has 1 aliphatic rings. The van der Waals surface area contributed by atoms with Crippen molar-refractivity contribution in [2.75, 3.05) is 13.7 Å². The van der Waals surface area contributed by atoms with Crippen LogP contribution in [0.3, 0.4) is 0 Å². The number of ether oxygens (including phenoxy) is 5. The molecule has 0 saturated carbocycles. The van der Waals surface area contributed by atoms with E-state index < -0.39 is 42.3 Å². The van der Waals surface area contributed by atoms with E-state index in [2.05, 4.69) is 0 Å². The maximum Gasteiger partial charge on any atom is 0.303 e. The Hall–Kier alpha value is -3.39. The summed E-state index contributed by atoms with van der Waals surface area (Å²) in [6.07, 6.45) is -3.59. The molecule has 0 aromatic heterocycles. The summed E-state index contributed by atoms with van der Waals surface area (Å²) in [6.45, 7) is 5.63. The van der Waals surface area contributed by atoms with Crippen molar-refractivity contribution in [3.8, 4) is 16.9 Å². The molecule has 4 atom stereocenters. The van der Waals surface area contributed by atoms with Gasteiger partial charge in [-0.15, -0.1) is 0 Å². The molecule has 1 fully saturated rings. The van der Waals surface area contributed by atoms with Gasteiger partial charge in [-0.25, -0.2) is 0 Å². The lowest BCUT2D eigenvalue weighted by molar-refractivity contribution is -0.165. The molecule has 1 aliphatic heterocycles. The van der Waals surface area contributed by atoms with E-state index in [0.717, 1.165) is 16.7 Å². The quantitative estimate of drug-likeness (QED) is 0.461. The number of hydrogen-bond donors (Lipinski definition) is 0. The van der Waals surface area contributed by atoms with Gasteiger partial charge in [0.1, 0.15) is 24.6 Å². The van der Waals surface area contributed by atoms with Gasteiger partial charge in [0.05, 0.1) is 7.11 Å². The van der Waals surface area contributed by atoms with Crippen LogP contribution in [0.5, 0.6) is 5.75 Å². The van der Waals surface area contributed by atoms with Crippen LogP contribution in [0.4, 0.5) is 0 Å². The number of hydrogen-bond acceptors (Lipinski definition) is 8. The molecule has 8 nitrogen and oxygen atoms in total. The van der Waals surface area contributed by atoms with E-state index in [-0.39, 0.29) is 6.61 Å². The lowest BCUT2D eigenvalue weighted by atomic mass is 9.95. The van der Waals surface area contributed by atoms with E-state index >= 15 is 0 Å². The number of carbonyl (C=O) groups excluding carboxylic acids is 3. The van der Waals surface area contributed by atoms with E-state index in [1.165, 1.54) is 27.9 Å². The SMILES string of the molecule is COc1ccc(-c2ccc(C)cc2)cc1[C@@H]1O[C@H](COC(C)=O)[C@@H](OC(C)=O)[C@H]1OC(C)=O. The molecule has 0 radical (unpaired) electrons. The third kappa shape index (κ3) is 5.90. The Morgan fingerprint density at radius 1 is 0.848 bits per heavy atom. The molecule has 0 aliphatic carbocycles. The number of rotatable bonds is 7. The van der Waals surface area contributed by atoms with Gasteiger partial charge in [-0.1, -0.05) is 35.9 Å². The summed E-state index contributed by atoms with van der Waals surface area (Å²) >= 11 is 0. The van der Waals surface area contributed by atoms with Gasteiger partial charge in [0.15, 0.2) is 12.2 Å². The Morgan fingerprint density at radius 3 is 2.03 bits per heavy atom. The molecule has 0 spiro atoms. The van der Waals surface area contributed by atoms with Crippen LogP contribution in [0.1, 0.15) is 38.0 Å². The summed E-state index contributed by atoms with van der Waals surface area (Å²) < 4.78 is 27.8. The second-order valence-corrected chi connectivity index (χ2v) is 7.87. The number of benzene rings is 2. The molecule has 1 heterocycles. The molecule has 0 amide bonds. The maximum absolute atomic E-state index is 11.9. The lowest BCUT2D eigenvalue weighted by Gasteiger charge is -2.24. The van der Waals surface area contributed by atoms with Crippen molar-refractivity contribution in [3.63, 3.8) is 0 Å². The van der Waals surface area contributed by atoms with E-state index in [4.69, 9.17) is 23.7 Å². The Labute approximate surface area is 192 Å². The standard InChI is InChI=1S/C25H28O8/c1-14-6-8-18(9-7-14)19-10-11-21(29-5)20(12-19)23-25(32-17(4)28)24(31-16(3)27)22(33-23)13-30-15(2)26/h6-12,22-25H,13H2,1-5H3/t22-,23+,24-,25+/m1/s1. The van der Waals surface area contributed by atoms with Crippen molar-refractivity contribution >= 4 is 17.9 Å². The Balaban J connectivity index is 2.05. The molecule has 176 valence electrons. The highest BCUT2D eigenvalue weighted by atomic mass is 16.6. The minimum atomic E-state index is -0.969. The average molecular weight is 456 g/mol. The summed E-state index contributed by atoms with van der Waals surface area (Å²) in [5, 5.41) is 0. The molecule has 2 aromatic carbocycles. The summed E-state index contributed by atoms with van der Waals surface area (Å²) in [5.74, 6) is -1.13. The van der Waals surface area contributed by atoms with Gasteiger partial charge >= 0.3 is 17.9 Å². The Morgan fingerprint density at radius 2 is 1.45 bits per heavy atom. The second-order valence-electron chi connectivity index (χ2n) is 7.87. The van der Waals surface area contributed by atoms with Crippen LogP contribution >= 0.6 is 0 Å². The van der Waals surface area contributed by atoms with Gasteiger partial charge in [0, 0.05) is 26.3 Å². The zero-order chi connectivity index (χ0) is 24.1. The molecule has 8 heteroatoms. The van der Waals surface area contributed by atoms with Crippen molar-refractivity contribution in [3.05, 3.63) is 53.6 Å². The normalized spacial score (nSPS) is 21.8. The molecule has 0 N–H and O–H groups in total. The van der Waals surface area contributed by atoms with E-state index in [1.54, 1.807) is 6.07 Å². The third-order valence-corrected chi connectivity index (χ3v) is 5.29. The van der Waals surface area contributed by atoms with Crippen molar-refractivity contribution in [2.24, 2.45) is 0 Å². The first-order valence-electron chi connectivity index (χ1n) is 10.6. The predicted octanol–water partition coefficient (Wildman–Crippen LogP) is 3.54. The topological polar surface area (TPSA) is 97.4 Å². The molecule has 1 saturated heterocycles. The highest BCUT2D eigenvalue weighted by Gasteiger charge is 2.51. The largest absolute Gasteiger partial charge is 0.496 e. The number of aryl methyl sites for hydroxylation is 1. The highest BCUT2D eigenvalue weighted by molar-refractivity contribution is 5.69. The smallest absolute Gasteiger partial charge is 0.303 e. The van der Waals surface area contributed by atoms with Crippen LogP contribution in [0.25, 0.3) is 11.1 Å². The fourth-order valence-corrected chi connectivity index (χ4v) is 3.85. The second kappa shape index (κ2) is 10.5. The van der Waals surface area contributed by atoms with Gasteiger partial charge in [-0.2, -0.15) is 0 Å². The van der Waals surface area contributed by atoms with Crippen molar-refractivity contribution in [1.82, 2.24) is 0 Å². The third-order valence-electron chi connectivity index (χ3n) is 5.29. The molecule has 0 unspecified atom stereocenters. The van der Waals surface area contributed by atoms with Gasteiger partial charge in [0.2, 0.25) is 0 Å². The van der Waals surface area contributed by atoms with Gasteiger partial charge in [-0.05, 0) is 30.2 Å². The first-order valence-corrected chi connectivity index (χ1v) is 10.6. The predicted molar refractivity (Wildman–Crippen MR) is 119 cm³/mol. The van der Waals surface area contributed by atoms with Crippen LogP contribution in [0, 0.1) is 6.92 Å². The Bertz CT molecular complexity index is 1010. The fraction of sp³-hybridized carbons (Fsp3) is 0.400. The van der Waals surface area contributed by atoms with Crippen LogP contribution in [0.15, 0.2) is 42.5 Å². The van der Waals surface area contributed by atoms with Crippen molar-refractivity contribution in [2.45, 2.75) is 52.1 Å². The number of methoxy groups -OCH3 is 1. The molecular formula is C25H28O8. The first kappa shape index (κ1) is 24.3. The Kier molecular flexibility index (Phi) is 7.71. The summed E-state index contributed by atoms with van der Waals surface area (Å²) in [7, 11) is 1.53. The van der Waals surface area contributed by atoms with Gasteiger partial charge in [0.25, 0.3) is 0 Å². The summed E-state index contributed by atoms with van der Waals surface area (Å²) in [5.41, 5.74) is 3.64. The molecular weight excluding hydrogens is 428 g/mol. The van der Waals surface area contributed by atoms with Crippen molar-refractivity contribution < 1.29 is 38.1 Å². The molecule has 2 aromatic rings. The fourth-order valence-electron chi connectivity index (χ4n) is 3.85. The summed E-state index contributed by atoms with van der Waals surface area (Å²) in [4.78, 5) is 35.1. The minimum absolute atomic E-state index is 0.165. The zero-order valence-corrected chi connectivity index (χ0v) is 19.3. The number of esters is 3. The highest BCUT2D eigenvalue weighted by Crippen LogP contribution is 2.42. The monoisotopic (exact) mass is 456 g/mol. The molecule has 3 rings (SSSR count). The van der Waals surface area contributed by atoms with E-state index in [0.29, 0.717) is 11.3 Å². The van der Waals surface area contributed by atoms with E-state index in [1.807, 2.05) is 43.3 Å². The molecule has 33 heavy (non-hydrogen) atoms. The van der Waals surface area contributed by atoms with Crippen LogP contribution in [-0.2, 0) is 33.3 Å². The molecule has 0 bridgehead atoms. The van der Waals surface area contributed by atoms with Crippen LogP contribution in [0.2, 0.25) is 0 Å². The van der Waals surface area contributed by atoms with E-state index in [9.17, 15) is 14.4 Å². The first-order chi connectivity index (χ1) is 15.7. The average Bonchev–Trinajstić information content (AvgIpc) is 3.08. The van der Waals surface area contributed by atoms with Crippen LogP contribution in [-0.4, -0.2) is 49.9 Å². The number of carbonyl (C=O) groups is 3. The summed E-state index contributed by atoms with van der Waals surface area (Å²) in [6, 6.07) is 13.7. The van der Waals surface area contributed by atoms with Crippen molar-refractivity contribution in [1.29, 1.82) is 0 Å². The van der Waals surface area contributed by atoms with Gasteiger partial charge in [-0.3, -0.25) is 14.4 Å². The maximum atomic E-state index is 11.9. The lowest BCUT2D eigenvalue weighted by Crippen LogP contribution is -2.40.